The average molecular weight is 297 g/mol. The molecule has 3 rings (SSSR count). The number of benzene rings is 2. The number of amides is 1. The van der Waals surface area contributed by atoms with E-state index in [9.17, 15) is 4.79 Å². The molecule has 0 unspecified atom stereocenters. The second-order valence-corrected chi connectivity index (χ2v) is 5.24. The first-order chi connectivity index (χ1) is 10.1. The number of hydrogen-bond donors (Lipinski definition) is 1. The molecule has 21 heavy (non-hydrogen) atoms. The SMILES string of the molecule is Cc1ccc(C2=N/C(=C\c3ccccc3Cl)C(=O)N2)cc1. The summed E-state index contributed by atoms with van der Waals surface area (Å²) in [6.07, 6.45) is 1.69. The molecule has 1 N–H and O–H groups in total. The number of halogens is 1. The van der Waals surface area contributed by atoms with Gasteiger partial charge in [-0.25, -0.2) is 4.99 Å². The fraction of sp³-hybridized carbons (Fsp3) is 0.0588. The molecular weight excluding hydrogens is 284 g/mol. The number of nitrogens with one attached hydrogen (secondary N) is 1. The third-order valence-electron chi connectivity index (χ3n) is 3.22. The fourth-order valence-corrected chi connectivity index (χ4v) is 2.25. The Kier molecular flexibility index (Phi) is 3.59. The van der Waals surface area contributed by atoms with E-state index in [1.54, 1.807) is 12.1 Å². The first-order valence-corrected chi connectivity index (χ1v) is 6.94. The number of carbonyl (C=O) groups is 1. The summed E-state index contributed by atoms with van der Waals surface area (Å²) < 4.78 is 0. The van der Waals surface area contributed by atoms with E-state index in [0.29, 0.717) is 16.6 Å². The summed E-state index contributed by atoms with van der Waals surface area (Å²) in [5.41, 5.74) is 3.18. The van der Waals surface area contributed by atoms with Crippen LogP contribution in [0, 0.1) is 6.92 Å². The van der Waals surface area contributed by atoms with E-state index in [4.69, 9.17) is 11.6 Å². The van der Waals surface area contributed by atoms with Crippen molar-refractivity contribution in [2.75, 3.05) is 0 Å². The van der Waals surface area contributed by atoms with Crippen molar-refractivity contribution in [3.8, 4) is 0 Å². The Morgan fingerprint density at radius 3 is 2.52 bits per heavy atom. The highest BCUT2D eigenvalue weighted by atomic mass is 35.5. The maximum Gasteiger partial charge on any atom is 0.275 e. The van der Waals surface area contributed by atoms with Gasteiger partial charge < -0.3 is 5.32 Å². The molecule has 0 radical (unpaired) electrons. The van der Waals surface area contributed by atoms with Crippen molar-refractivity contribution < 1.29 is 4.79 Å². The second-order valence-electron chi connectivity index (χ2n) is 4.83. The summed E-state index contributed by atoms with van der Waals surface area (Å²) in [5, 5.41) is 3.37. The van der Waals surface area contributed by atoms with Gasteiger partial charge in [-0.05, 0) is 24.6 Å². The predicted octanol–water partition coefficient (Wildman–Crippen LogP) is 3.57. The van der Waals surface area contributed by atoms with Crippen molar-refractivity contribution >= 4 is 29.4 Å². The minimum absolute atomic E-state index is 0.217. The summed E-state index contributed by atoms with van der Waals surface area (Å²) in [5.74, 6) is 0.351. The summed E-state index contributed by atoms with van der Waals surface area (Å²) in [7, 11) is 0. The molecule has 4 heteroatoms. The highest BCUT2D eigenvalue weighted by Crippen LogP contribution is 2.21. The van der Waals surface area contributed by atoms with Crippen LogP contribution in [0.1, 0.15) is 16.7 Å². The number of carbonyl (C=O) groups excluding carboxylic acids is 1. The van der Waals surface area contributed by atoms with Crippen LogP contribution >= 0.6 is 11.6 Å². The maximum absolute atomic E-state index is 12.0. The maximum atomic E-state index is 12.0. The quantitative estimate of drug-likeness (QED) is 0.846. The Balaban J connectivity index is 1.96. The Morgan fingerprint density at radius 2 is 1.81 bits per heavy atom. The van der Waals surface area contributed by atoms with Crippen molar-refractivity contribution in [3.05, 3.63) is 75.9 Å². The normalized spacial score (nSPS) is 16.0. The molecular formula is C17H13ClN2O. The van der Waals surface area contributed by atoms with Crippen LogP contribution in [0.5, 0.6) is 0 Å². The van der Waals surface area contributed by atoms with Crippen molar-refractivity contribution in [1.82, 2.24) is 5.32 Å². The zero-order valence-corrected chi connectivity index (χ0v) is 12.2. The van der Waals surface area contributed by atoms with Gasteiger partial charge in [0.15, 0.2) is 0 Å². The van der Waals surface area contributed by atoms with Gasteiger partial charge in [-0.2, -0.15) is 0 Å². The molecule has 3 nitrogen and oxygen atoms in total. The minimum atomic E-state index is -0.217. The third kappa shape index (κ3) is 2.88. The van der Waals surface area contributed by atoms with Crippen LogP contribution in [-0.2, 0) is 4.79 Å². The van der Waals surface area contributed by atoms with Gasteiger partial charge in [-0.1, -0.05) is 59.6 Å². The van der Waals surface area contributed by atoms with Crippen LogP contribution in [-0.4, -0.2) is 11.7 Å². The third-order valence-corrected chi connectivity index (χ3v) is 3.56. The van der Waals surface area contributed by atoms with E-state index in [2.05, 4.69) is 10.3 Å². The Bertz CT molecular complexity index is 761. The lowest BCUT2D eigenvalue weighted by Crippen LogP contribution is -2.24. The molecule has 1 heterocycles. The lowest BCUT2D eigenvalue weighted by molar-refractivity contribution is -0.115. The van der Waals surface area contributed by atoms with E-state index < -0.39 is 0 Å². The van der Waals surface area contributed by atoms with Crippen LogP contribution < -0.4 is 5.32 Å². The number of nitrogens with zero attached hydrogens (tertiary/aromatic N) is 1. The van der Waals surface area contributed by atoms with Gasteiger partial charge in [0.05, 0.1) is 0 Å². The second kappa shape index (κ2) is 5.54. The largest absolute Gasteiger partial charge is 0.305 e. The van der Waals surface area contributed by atoms with Gasteiger partial charge >= 0.3 is 0 Å². The van der Waals surface area contributed by atoms with Gasteiger partial charge in [0.2, 0.25) is 0 Å². The number of hydrogen-bond acceptors (Lipinski definition) is 2. The number of rotatable bonds is 2. The van der Waals surface area contributed by atoms with E-state index in [1.807, 2.05) is 49.4 Å². The van der Waals surface area contributed by atoms with Crippen LogP contribution in [0.15, 0.2) is 59.2 Å². The zero-order chi connectivity index (χ0) is 14.8. The zero-order valence-electron chi connectivity index (χ0n) is 11.4. The number of amidine groups is 1. The van der Waals surface area contributed by atoms with E-state index >= 15 is 0 Å². The molecule has 0 aromatic heterocycles. The van der Waals surface area contributed by atoms with Crippen molar-refractivity contribution in [3.63, 3.8) is 0 Å². The molecule has 0 spiro atoms. The lowest BCUT2D eigenvalue weighted by atomic mass is 10.1. The van der Waals surface area contributed by atoms with Crippen molar-refractivity contribution in [2.45, 2.75) is 6.92 Å². The van der Waals surface area contributed by atoms with Gasteiger partial charge in [0.25, 0.3) is 5.91 Å². The summed E-state index contributed by atoms with van der Waals surface area (Å²) in [4.78, 5) is 16.4. The molecule has 0 bridgehead atoms. The average Bonchev–Trinajstić information content (AvgIpc) is 2.83. The van der Waals surface area contributed by atoms with E-state index in [-0.39, 0.29) is 5.91 Å². The molecule has 1 amide bonds. The van der Waals surface area contributed by atoms with Gasteiger partial charge in [0.1, 0.15) is 11.5 Å². The highest BCUT2D eigenvalue weighted by molar-refractivity contribution is 6.32. The predicted molar refractivity (Wildman–Crippen MR) is 85.3 cm³/mol. The summed E-state index contributed by atoms with van der Waals surface area (Å²) in [6.45, 7) is 2.02. The molecule has 2 aromatic rings. The molecule has 0 fully saturated rings. The van der Waals surface area contributed by atoms with Crippen LogP contribution in [0.4, 0.5) is 0 Å². The molecule has 0 atom stereocenters. The molecule has 0 aliphatic carbocycles. The standard InChI is InChI=1S/C17H13ClN2O/c1-11-6-8-12(9-7-11)16-19-15(17(21)20-16)10-13-4-2-3-5-14(13)18/h2-10H,1H3,(H,19,20,21)/b15-10-. The first kappa shape index (κ1) is 13.6. The minimum Gasteiger partial charge on any atom is -0.305 e. The lowest BCUT2D eigenvalue weighted by Gasteiger charge is -2.00. The van der Waals surface area contributed by atoms with E-state index in [0.717, 1.165) is 16.7 Å². The monoisotopic (exact) mass is 296 g/mol. The molecule has 0 saturated heterocycles. The van der Waals surface area contributed by atoms with Crippen LogP contribution in [0.25, 0.3) is 6.08 Å². The number of aliphatic imine (C=N–C) groups is 1. The highest BCUT2D eigenvalue weighted by Gasteiger charge is 2.21. The number of aryl methyl sites for hydroxylation is 1. The smallest absolute Gasteiger partial charge is 0.275 e. The Hall–Kier alpha value is -2.39. The summed E-state index contributed by atoms with van der Waals surface area (Å²) in [6, 6.07) is 15.2. The molecule has 0 saturated carbocycles. The fourth-order valence-electron chi connectivity index (χ4n) is 2.06. The summed E-state index contributed by atoms with van der Waals surface area (Å²) >= 11 is 6.10. The van der Waals surface area contributed by atoms with Crippen LogP contribution in [0.3, 0.4) is 0 Å². The van der Waals surface area contributed by atoms with Crippen molar-refractivity contribution in [1.29, 1.82) is 0 Å². The Morgan fingerprint density at radius 1 is 1.10 bits per heavy atom. The molecule has 1 aliphatic heterocycles. The topological polar surface area (TPSA) is 41.5 Å². The molecule has 2 aromatic carbocycles. The Labute approximate surface area is 128 Å². The van der Waals surface area contributed by atoms with Gasteiger partial charge in [0, 0.05) is 10.6 Å². The first-order valence-electron chi connectivity index (χ1n) is 6.57. The molecule has 104 valence electrons. The van der Waals surface area contributed by atoms with Gasteiger partial charge in [-0.3, -0.25) is 4.79 Å². The van der Waals surface area contributed by atoms with Crippen LogP contribution in [0.2, 0.25) is 5.02 Å². The molecule has 1 aliphatic rings. The van der Waals surface area contributed by atoms with Crippen molar-refractivity contribution in [2.24, 2.45) is 4.99 Å². The van der Waals surface area contributed by atoms with Gasteiger partial charge in [-0.15, -0.1) is 0 Å². The van der Waals surface area contributed by atoms with E-state index in [1.165, 1.54) is 0 Å².